The Hall–Kier alpha value is -1.57. The van der Waals surface area contributed by atoms with Crippen LogP contribution in [-0.2, 0) is 0 Å². The molecular weight excluding hydrogens is 216 g/mol. The predicted molar refractivity (Wildman–Crippen MR) is 63.3 cm³/mol. The van der Waals surface area contributed by atoms with Gasteiger partial charge in [-0.3, -0.25) is 4.90 Å². The number of rotatable bonds is 2. The second-order valence-corrected chi connectivity index (χ2v) is 4.39. The molecule has 1 heterocycles. The number of phenolic OH excluding ortho intramolecular Hbond substituents is 1. The molecule has 17 heavy (non-hydrogen) atoms. The van der Waals surface area contributed by atoms with Crippen molar-refractivity contribution in [3.63, 3.8) is 0 Å². The molecule has 0 saturated carbocycles. The van der Waals surface area contributed by atoms with E-state index in [-0.39, 0.29) is 17.9 Å². The first-order valence-electron chi connectivity index (χ1n) is 5.81. The van der Waals surface area contributed by atoms with Crippen LogP contribution in [-0.4, -0.2) is 34.3 Å². The van der Waals surface area contributed by atoms with E-state index in [1.165, 1.54) is 0 Å². The smallest absolute Gasteiger partial charge is 0.123 e. The number of hydrogen-bond donors (Lipinski definition) is 2. The Morgan fingerprint density at radius 3 is 2.35 bits per heavy atom. The van der Waals surface area contributed by atoms with E-state index in [9.17, 15) is 15.5 Å². The number of piperidine rings is 1. The molecule has 2 N–H and O–H groups in total. The quantitative estimate of drug-likeness (QED) is 0.809. The van der Waals surface area contributed by atoms with E-state index in [1.54, 1.807) is 24.3 Å². The normalized spacial score (nSPS) is 19.8. The highest BCUT2D eigenvalue weighted by Crippen LogP contribution is 2.25. The number of likely N-dealkylation sites (tertiary alicyclic amines) is 1. The van der Waals surface area contributed by atoms with Crippen molar-refractivity contribution in [3.05, 3.63) is 29.8 Å². The number of aliphatic hydroxyl groups is 1. The average molecular weight is 232 g/mol. The van der Waals surface area contributed by atoms with Crippen LogP contribution in [0.2, 0.25) is 0 Å². The maximum absolute atomic E-state index is 9.45. The van der Waals surface area contributed by atoms with Crippen LogP contribution in [0, 0.1) is 11.3 Å². The molecule has 0 amide bonds. The fraction of sp³-hybridized carbons (Fsp3) is 0.462. The zero-order valence-electron chi connectivity index (χ0n) is 9.58. The third kappa shape index (κ3) is 2.76. The third-order valence-electron chi connectivity index (χ3n) is 3.20. The van der Waals surface area contributed by atoms with Gasteiger partial charge in [0.15, 0.2) is 0 Å². The molecule has 2 rings (SSSR count). The van der Waals surface area contributed by atoms with Crippen LogP contribution in [0.5, 0.6) is 5.75 Å². The molecule has 0 bridgehead atoms. The van der Waals surface area contributed by atoms with Crippen LogP contribution >= 0.6 is 0 Å². The lowest BCUT2D eigenvalue weighted by molar-refractivity contribution is 0.0716. The summed E-state index contributed by atoms with van der Waals surface area (Å²) in [5.41, 5.74) is 0.890. The summed E-state index contributed by atoms with van der Waals surface area (Å²) < 4.78 is 0. The van der Waals surface area contributed by atoms with Crippen molar-refractivity contribution in [3.8, 4) is 11.8 Å². The average Bonchev–Trinajstić information content (AvgIpc) is 2.35. The summed E-state index contributed by atoms with van der Waals surface area (Å²) in [7, 11) is 0. The van der Waals surface area contributed by atoms with Gasteiger partial charge >= 0.3 is 0 Å². The minimum Gasteiger partial charge on any atom is -0.508 e. The molecule has 1 aliphatic heterocycles. The Morgan fingerprint density at radius 2 is 1.82 bits per heavy atom. The Labute approximate surface area is 101 Å². The zero-order valence-corrected chi connectivity index (χ0v) is 9.58. The van der Waals surface area contributed by atoms with Gasteiger partial charge in [0.2, 0.25) is 0 Å². The monoisotopic (exact) mass is 232 g/mol. The van der Waals surface area contributed by atoms with Crippen LogP contribution in [0.1, 0.15) is 24.4 Å². The summed E-state index contributed by atoms with van der Waals surface area (Å²) >= 11 is 0. The lowest BCUT2D eigenvalue weighted by Crippen LogP contribution is -2.38. The molecule has 0 spiro atoms. The molecule has 1 atom stereocenters. The zero-order chi connectivity index (χ0) is 12.3. The molecule has 1 unspecified atom stereocenters. The van der Waals surface area contributed by atoms with Gasteiger partial charge < -0.3 is 10.2 Å². The molecule has 0 aliphatic carbocycles. The van der Waals surface area contributed by atoms with Crippen molar-refractivity contribution in [1.82, 2.24) is 4.90 Å². The highest BCUT2D eigenvalue weighted by molar-refractivity contribution is 5.30. The second kappa shape index (κ2) is 5.17. The highest BCUT2D eigenvalue weighted by Gasteiger charge is 2.24. The van der Waals surface area contributed by atoms with Gasteiger partial charge in [0.25, 0.3) is 0 Å². The standard InChI is InChI=1S/C13H16N2O2/c14-9-13(10-1-3-11(16)4-2-10)15-7-5-12(17)6-8-15/h1-4,12-13,16-17H,5-8H2. The second-order valence-electron chi connectivity index (χ2n) is 4.39. The lowest BCUT2D eigenvalue weighted by atomic mass is 10.0. The van der Waals surface area contributed by atoms with E-state index in [4.69, 9.17) is 0 Å². The number of aliphatic hydroxyl groups excluding tert-OH is 1. The maximum Gasteiger partial charge on any atom is 0.123 e. The van der Waals surface area contributed by atoms with E-state index >= 15 is 0 Å². The molecule has 0 aromatic heterocycles. The van der Waals surface area contributed by atoms with Crippen molar-refractivity contribution >= 4 is 0 Å². The molecule has 1 aromatic rings. The van der Waals surface area contributed by atoms with E-state index in [1.807, 2.05) is 0 Å². The van der Waals surface area contributed by atoms with Crippen LogP contribution in [0.25, 0.3) is 0 Å². The van der Waals surface area contributed by atoms with Crippen molar-refractivity contribution in [2.45, 2.75) is 25.0 Å². The Morgan fingerprint density at radius 1 is 1.24 bits per heavy atom. The molecule has 0 radical (unpaired) electrons. The first kappa shape index (κ1) is 11.9. The largest absolute Gasteiger partial charge is 0.508 e. The number of nitrogens with zero attached hydrogens (tertiary/aromatic N) is 2. The number of aromatic hydroxyl groups is 1. The number of phenols is 1. The number of hydrogen-bond acceptors (Lipinski definition) is 4. The van der Waals surface area contributed by atoms with Crippen molar-refractivity contribution < 1.29 is 10.2 Å². The van der Waals surface area contributed by atoms with E-state index in [0.29, 0.717) is 0 Å². The van der Waals surface area contributed by atoms with Gasteiger partial charge in [0, 0.05) is 13.1 Å². The van der Waals surface area contributed by atoms with Gasteiger partial charge in [-0.1, -0.05) is 12.1 Å². The first-order chi connectivity index (χ1) is 8.20. The van der Waals surface area contributed by atoms with E-state index in [0.717, 1.165) is 31.5 Å². The van der Waals surface area contributed by atoms with Gasteiger partial charge in [-0.15, -0.1) is 0 Å². The minimum atomic E-state index is -0.289. The fourth-order valence-electron chi connectivity index (χ4n) is 2.17. The van der Waals surface area contributed by atoms with E-state index in [2.05, 4.69) is 11.0 Å². The Bertz CT molecular complexity index is 402. The predicted octanol–water partition coefficient (Wildman–Crippen LogP) is 1.41. The van der Waals surface area contributed by atoms with E-state index < -0.39 is 0 Å². The summed E-state index contributed by atoms with van der Waals surface area (Å²) in [4.78, 5) is 2.07. The van der Waals surface area contributed by atoms with Crippen molar-refractivity contribution in [2.24, 2.45) is 0 Å². The van der Waals surface area contributed by atoms with Gasteiger partial charge in [0.05, 0.1) is 12.2 Å². The van der Waals surface area contributed by atoms with Crippen LogP contribution in [0.3, 0.4) is 0 Å². The molecule has 4 nitrogen and oxygen atoms in total. The number of benzene rings is 1. The SMILES string of the molecule is N#CC(c1ccc(O)cc1)N1CCC(O)CC1. The van der Waals surface area contributed by atoms with Gasteiger partial charge in [-0.2, -0.15) is 5.26 Å². The summed E-state index contributed by atoms with van der Waals surface area (Å²) in [6.45, 7) is 1.47. The highest BCUT2D eigenvalue weighted by atomic mass is 16.3. The maximum atomic E-state index is 9.45. The molecule has 4 heteroatoms. The molecule has 1 aromatic carbocycles. The molecule has 1 aliphatic rings. The summed E-state index contributed by atoms with van der Waals surface area (Å²) in [6.07, 6.45) is 1.21. The van der Waals surface area contributed by atoms with Crippen LogP contribution in [0.4, 0.5) is 0 Å². The van der Waals surface area contributed by atoms with Crippen LogP contribution in [0.15, 0.2) is 24.3 Å². The molecule has 90 valence electrons. The Balaban J connectivity index is 2.11. The molecule has 1 fully saturated rings. The number of nitriles is 1. The van der Waals surface area contributed by atoms with Gasteiger partial charge in [0.1, 0.15) is 11.8 Å². The summed E-state index contributed by atoms with van der Waals surface area (Å²) in [6, 6.07) is 8.73. The Kier molecular flexibility index (Phi) is 3.62. The molecular formula is C13H16N2O2. The first-order valence-corrected chi connectivity index (χ1v) is 5.81. The van der Waals surface area contributed by atoms with Crippen LogP contribution < -0.4 is 0 Å². The van der Waals surface area contributed by atoms with Gasteiger partial charge in [-0.25, -0.2) is 0 Å². The summed E-state index contributed by atoms with van der Waals surface area (Å²) in [5.74, 6) is 0.208. The third-order valence-corrected chi connectivity index (χ3v) is 3.20. The van der Waals surface area contributed by atoms with Gasteiger partial charge in [-0.05, 0) is 30.5 Å². The topological polar surface area (TPSA) is 67.5 Å². The van der Waals surface area contributed by atoms with Crippen molar-refractivity contribution in [2.75, 3.05) is 13.1 Å². The lowest BCUT2D eigenvalue weighted by Gasteiger charge is -2.32. The minimum absolute atomic E-state index is 0.208. The molecule has 1 saturated heterocycles. The summed E-state index contributed by atoms with van der Waals surface area (Å²) in [5, 5.41) is 27.9. The van der Waals surface area contributed by atoms with Crippen molar-refractivity contribution in [1.29, 1.82) is 5.26 Å². The fourth-order valence-corrected chi connectivity index (χ4v) is 2.17.